The van der Waals surface area contributed by atoms with E-state index in [9.17, 15) is 4.79 Å². The highest BCUT2D eigenvalue weighted by Gasteiger charge is 2.24. The summed E-state index contributed by atoms with van der Waals surface area (Å²) < 4.78 is 0. The van der Waals surface area contributed by atoms with Gasteiger partial charge in [0.15, 0.2) is 5.78 Å². The van der Waals surface area contributed by atoms with Crippen LogP contribution >= 0.6 is 0 Å². The lowest BCUT2D eigenvalue weighted by Gasteiger charge is -2.31. The van der Waals surface area contributed by atoms with E-state index in [-0.39, 0.29) is 5.41 Å². The Morgan fingerprint density at radius 3 is 2.29 bits per heavy atom. The average Bonchev–Trinajstić information content (AvgIpc) is 1.95. The Kier molecular flexibility index (Phi) is 3.71. The Morgan fingerprint density at radius 2 is 1.93 bits per heavy atom. The SMILES string of the molecule is CN(CC(=O)C(C)(C)C)CC1CCC1. The van der Waals surface area contributed by atoms with Gasteiger partial charge in [-0.25, -0.2) is 0 Å². The predicted molar refractivity (Wildman–Crippen MR) is 59.3 cm³/mol. The number of carbonyl (C=O) groups is 1. The van der Waals surface area contributed by atoms with Gasteiger partial charge < -0.3 is 0 Å². The molecule has 0 aromatic heterocycles. The summed E-state index contributed by atoms with van der Waals surface area (Å²) in [5, 5.41) is 0. The van der Waals surface area contributed by atoms with Crippen LogP contribution in [0.15, 0.2) is 0 Å². The third kappa shape index (κ3) is 3.41. The summed E-state index contributed by atoms with van der Waals surface area (Å²) in [6, 6.07) is 0. The second-order valence-electron chi connectivity index (χ2n) is 5.67. The fourth-order valence-electron chi connectivity index (χ4n) is 1.66. The number of nitrogens with zero attached hydrogens (tertiary/aromatic N) is 1. The van der Waals surface area contributed by atoms with Crippen molar-refractivity contribution in [1.82, 2.24) is 4.90 Å². The summed E-state index contributed by atoms with van der Waals surface area (Å²) in [6.07, 6.45) is 4.09. The number of ketones is 1. The minimum Gasteiger partial charge on any atom is -0.299 e. The highest BCUT2D eigenvalue weighted by atomic mass is 16.1. The van der Waals surface area contributed by atoms with E-state index in [1.165, 1.54) is 19.3 Å². The van der Waals surface area contributed by atoms with E-state index < -0.39 is 0 Å². The molecule has 14 heavy (non-hydrogen) atoms. The smallest absolute Gasteiger partial charge is 0.152 e. The van der Waals surface area contributed by atoms with Gasteiger partial charge in [0.05, 0.1) is 6.54 Å². The first-order valence-electron chi connectivity index (χ1n) is 5.61. The van der Waals surface area contributed by atoms with Crippen LogP contribution in [0.4, 0.5) is 0 Å². The molecule has 0 N–H and O–H groups in total. The van der Waals surface area contributed by atoms with E-state index in [0.29, 0.717) is 12.3 Å². The van der Waals surface area contributed by atoms with E-state index in [0.717, 1.165) is 12.5 Å². The maximum absolute atomic E-state index is 11.7. The van der Waals surface area contributed by atoms with Gasteiger partial charge in [-0.3, -0.25) is 9.69 Å². The van der Waals surface area contributed by atoms with Crippen molar-refractivity contribution < 1.29 is 4.79 Å². The molecule has 82 valence electrons. The molecule has 0 spiro atoms. The maximum atomic E-state index is 11.7. The molecule has 1 aliphatic carbocycles. The van der Waals surface area contributed by atoms with Gasteiger partial charge in [-0.2, -0.15) is 0 Å². The zero-order chi connectivity index (χ0) is 10.8. The van der Waals surface area contributed by atoms with E-state index in [1.54, 1.807) is 0 Å². The molecule has 0 aliphatic heterocycles. The Balaban J connectivity index is 2.25. The van der Waals surface area contributed by atoms with Gasteiger partial charge in [-0.05, 0) is 25.8 Å². The third-order valence-electron chi connectivity index (χ3n) is 3.04. The number of hydrogen-bond acceptors (Lipinski definition) is 2. The van der Waals surface area contributed by atoms with Crippen LogP contribution in [-0.4, -0.2) is 30.8 Å². The molecule has 1 rings (SSSR count). The van der Waals surface area contributed by atoms with Crippen LogP contribution in [-0.2, 0) is 4.79 Å². The summed E-state index contributed by atoms with van der Waals surface area (Å²) >= 11 is 0. The quantitative estimate of drug-likeness (QED) is 0.689. The number of likely N-dealkylation sites (N-methyl/N-ethyl adjacent to an activating group) is 1. The van der Waals surface area contributed by atoms with Crippen molar-refractivity contribution in [3.8, 4) is 0 Å². The van der Waals surface area contributed by atoms with Gasteiger partial charge in [-0.15, -0.1) is 0 Å². The summed E-state index contributed by atoms with van der Waals surface area (Å²) in [5.41, 5.74) is -0.187. The summed E-state index contributed by atoms with van der Waals surface area (Å²) in [5.74, 6) is 1.20. The highest BCUT2D eigenvalue weighted by Crippen LogP contribution is 2.27. The normalized spacial score (nSPS) is 18.4. The Labute approximate surface area is 87.7 Å². The standard InChI is InChI=1S/C12H23NO/c1-12(2,3)11(14)9-13(4)8-10-6-5-7-10/h10H,5-9H2,1-4H3. The summed E-state index contributed by atoms with van der Waals surface area (Å²) in [7, 11) is 2.06. The van der Waals surface area contributed by atoms with Crippen LogP contribution < -0.4 is 0 Å². The molecule has 0 bridgehead atoms. The molecule has 1 fully saturated rings. The number of Topliss-reactive ketones (excluding diaryl/α,β-unsaturated/α-hetero) is 1. The van der Waals surface area contributed by atoms with Gasteiger partial charge in [-0.1, -0.05) is 27.2 Å². The predicted octanol–water partition coefficient (Wildman–Crippen LogP) is 2.33. The first-order chi connectivity index (χ1) is 6.39. The van der Waals surface area contributed by atoms with E-state index in [4.69, 9.17) is 0 Å². The topological polar surface area (TPSA) is 20.3 Å². The molecule has 0 heterocycles. The highest BCUT2D eigenvalue weighted by molar-refractivity contribution is 5.85. The molecule has 2 heteroatoms. The molecule has 0 atom stereocenters. The molecule has 0 unspecified atom stereocenters. The van der Waals surface area contributed by atoms with Crippen molar-refractivity contribution in [1.29, 1.82) is 0 Å². The molecule has 0 aromatic carbocycles. The number of rotatable bonds is 4. The van der Waals surface area contributed by atoms with Gasteiger partial charge in [0.2, 0.25) is 0 Å². The molecule has 1 aliphatic rings. The zero-order valence-electron chi connectivity index (χ0n) is 9.97. The van der Waals surface area contributed by atoms with Crippen LogP contribution in [0.3, 0.4) is 0 Å². The van der Waals surface area contributed by atoms with Crippen LogP contribution in [0.2, 0.25) is 0 Å². The molecule has 0 amide bonds. The second-order valence-corrected chi connectivity index (χ2v) is 5.67. The number of hydrogen-bond donors (Lipinski definition) is 0. The lowest BCUT2D eigenvalue weighted by atomic mass is 9.85. The molecule has 2 nitrogen and oxygen atoms in total. The van der Waals surface area contributed by atoms with Crippen LogP contribution in [0.25, 0.3) is 0 Å². The Bertz CT molecular complexity index is 201. The van der Waals surface area contributed by atoms with Crippen LogP contribution in [0.5, 0.6) is 0 Å². The first-order valence-corrected chi connectivity index (χ1v) is 5.61. The largest absolute Gasteiger partial charge is 0.299 e. The molecule has 0 saturated heterocycles. The molecule has 0 radical (unpaired) electrons. The monoisotopic (exact) mass is 197 g/mol. The molecule has 0 aromatic rings. The fourth-order valence-corrected chi connectivity index (χ4v) is 1.66. The molecule has 1 saturated carbocycles. The van der Waals surface area contributed by atoms with Gasteiger partial charge in [0.1, 0.15) is 0 Å². The van der Waals surface area contributed by atoms with Crippen molar-refractivity contribution in [2.24, 2.45) is 11.3 Å². The zero-order valence-corrected chi connectivity index (χ0v) is 9.97. The van der Waals surface area contributed by atoms with E-state index in [2.05, 4.69) is 11.9 Å². The summed E-state index contributed by atoms with van der Waals surface area (Å²) in [4.78, 5) is 13.9. The first kappa shape index (κ1) is 11.7. The van der Waals surface area contributed by atoms with E-state index >= 15 is 0 Å². The lowest BCUT2D eigenvalue weighted by Crippen LogP contribution is -2.37. The van der Waals surface area contributed by atoms with Crippen LogP contribution in [0.1, 0.15) is 40.0 Å². The van der Waals surface area contributed by atoms with Gasteiger partial charge in [0.25, 0.3) is 0 Å². The van der Waals surface area contributed by atoms with Gasteiger partial charge in [0, 0.05) is 12.0 Å². The lowest BCUT2D eigenvalue weighted by molar-refractivity contribution is -0.127. The van der Waals surface area contributed by atoms with Crippen molar-refractivity contribution in [2.75, 3.05) is 20.1 Å². The van der Waals surface area contributed by atoms with E-state index in [1.807, 2.05) is 20.8 Å². The number of carbonyl (C=O) groups excluding carboxylic acids is 1. The average molecular weight is 197 g/mol. The van der Waals surface area contributed by atoms with Crippen molar-refractivity contribution >= 4 is 5.78 Å². The fraction of sp³-hybridized carbons (Fsp3) is 0.917. The minimum atomic E-state index is -0.187. The van der Waals surface area contributed by atoms with Crippen molar-refractivity contribution in [3.63, 3.8) is 0 Å². The van der Waals surface area contributed by atoms with Crippen molar-refractivity contribution in [3.05, 3.63) is 0 Å². The van der Waals surface area contributed by atoms with Crippen LogP contribution in [0, 0.1) is 11.3 Å². The molecular formula is C12H23NO. The Hall–Kier alpha value is -0.370. The second kappa shape index (κ2) is 4.43. The maximum Gasteiger partial charge on any atom is 0.152 e. The van der Waals surface area contributed by atoms with Crippen molar-refractivity contribution in [2.45, 2.75) is 40.0 Å². The Morgan fingerprint density at radius 1 is 1.36 bits per heavy atom. The summed E-state index contributed by atoms with van der Waals surface area (Å²) in [6.45, 7) is 7.69. The van der Waals surface area contributed by atoms with Gasteiger partial charge >= 0.3 is 0 Å². The minimum absolute atomic E-state index is 0.187. The molecular weight excluding hydrogens is 174 g/mol. The third-order valence-corrected chi connectivity index (χ3v) is 3.04.